The van der Waals surface area contributed by atoms with E-state index < -0.39 is 0 Å². The van der Waals surface area contributed by atoms with Gasteiger partial charge in [0.25, 0.3) is 0 Å². The van der Waals surface area contributed by atoms with E-state index in [0.29, 0.717) is 12.1 Å². The van der Waals surface area contributed by atoms with E-state index in [1.807, 2.05) is 12.1 Å². The van der Waals surface area contributed by atoms with Crippen molar-refractivity contribution in [1.29, 1.82) is 0 Å². The van der Waals surface area contributed by atoms with Crippen molar-refractivity contribution in [1.82, 2.24) is 4.90 Å². The fourth-order valence-corrected chi connectivity index (χ4v) is 3.88. The van der Waals surface area contributed by atoms with Crippen LogP contribution < -0.4 is 4.74 Å². The van der Waals surface area contributed by atoms with Gasteiger partial charge in [-0.2, -0.15) is 0 Å². The highest BCUT2D eigenvalue weighted by Gasteiger charge is 2.43. The molecule has 4 rings (SSSR count). The lowest BCUT2D eigenvalue weighted by Crippen LogP contribution is -2.51. The van der Waals surface area contributed by atoms with E-state index in [1.165, 1.54) is 24.8 Å². The zero-order valence-corrected chi connectivity index (χ0v) is 13.9. The first-order chi connectivity index (χ1) is 11.3. The molecular weight excluding hydrogens is 290 g/mol. The molecule has 0 amide bonds. The van der Waals surface area contributed by atoms with Crippen molar-refractivity contribution in [3.05, 3.63) is 29.8 Å². The monoisotopic (exact) mass is 317 g/mol. The summed E-state index contributed by atoms with van der Waals surface area (Å²) in [7, 11) is 1.71. The van der Waals surface area contributed by atoms with Gasteiger partial charge in [0.05, 0.1) is 25.9 Å². The van der Waals surface area contributed by atoms with Crippen LogP contribution in [0.3, 0.4) is 0 Å². The Labute approximate surface area is 138 Å². The van der Waals surface area contributed by atoms with E-state index in [9.17, 15) is 0 Å². The Morgan fingerprint density at radius 3 is 2.70 bits per heavy atom. The van der Waals surface area contributed by atoms with Gasteiger partial charge >= 0.3 is 0 Å². The first-order valence-corrected chi connectivity index (χ1v) is 8.93. The number of fused-ring (bicyclic) bond motifs is 1. The number of hydrogen-bond donors (Lipinski definition) is 0. The molecule has 1 heterocycles. The van der Waals surface area contributed by atoms with Crippen molar-refractivity contribution in [3.8, 4) is 5.75 Å². The minimum Gasteiger partial charge on any atom is -0.497 e. The molecule has 1 saturated heterocycles. The summed E-state index contributed by atoms with van der Waals surface area (Å²) in [6, 6.07) is 8.93. The molecule has 0 bridgehead atoms. The Bertz CT molecular complexity index is 514. The number of rotatable bonds is 6. The largest absolute Gasteiger partial charge is 0.497 e. The third-order valence-electron chi connectivity index (χ3n) is 5.44. The third kappa shape index (κ3) is 3.54. The zero-order chi connectivity index (χ0) is 15.6. The van der Waals surface area contributed by atoms with Gasteiger partial charge in [-0.3, -0.25) is 4.90 Å². The van der Waals surface area contributed by atoms with Gasteiger partial charge in [-0.25, -0.2) is 0 Å². The number of morpholine rings is 1. The number of ether oxygens (including phenoxy) is 3. The van der Waals surface area contributed by atoms with Crippen molar-refractivity contribution in [2.75, 3.05) is 26.9 Å². The summed E-state index contributed by atoms with van der Waals surface area (Å²) in [5.74, 6) is 1.75. The number of nitrogens with zero attached hydrogens (tertiary/aromatic N) is 1. The van der Waals surface area contributed by atoms with E-state index in [1.54, 1.807) is 7.11 Å². The molecule has 0 N–H and O–H groups in total. The lowest BCUT2D eigenvalue weighted by Gasteiger charge is -2.39. The topological polar surface area (TPSA) is 30.9 Å². The minimum atomic E-state index is 0.265. The summed E-state index contributed by atoms with van der Waals surface area (Å²) in [5, 5.41) is 0. The van der Waals surface area contributed by atoms with Crippen molar-refractivity contribution >= 4 is 0 Å². The highest BCUT2D eigenvalue weighted by Crippen LogP contribution is 2.35. The molecule has 3 aliphatic rings. The summed E-state index contributed by atoms with van der Waals surface area (Å²) >= 11 is 0. The van der Waals surface area contributed by atoms with Gasteiger partial charge in [-0.15, -0.1) is 0 Å². The zero-order valence-electron chi connectivity index (χ0n) is 13.9. The SMILES string of the molecule is COc1ccc(CN2CCO[C@H]3[C@H]2CC[C@H]3OCC2CC2)cc1. The van der Waals surface area contributed by atoms with Gasteiger partial charge in [0.1, 0.15) is 5.75 Å². The summed E-state index contributed by atoms with van der Waals surface area (Å²) in [6.07, 6.45) is 5.61. The molecule has 1 aromatic carbocycles. The Balaban J connectivity index is 1.37. The number of benzene rings is 1. The predicted molar refractivity (Wildman–Crippen MR) is 88.6 cm³/mol. The Kier molecular flexibility index (Phi) is 4.56. The summed E-state index contributed by atoms with van der Waals surface area (Å²) < 4.78 is 17.5. The van der Waals surface area contributed by atoms with Gasteiger partial charge in [0.2, 0.25) is 0 Å². The molecule has 3 fully saturated rings. The highest BCUT2D eigenvalue weighted by molar-refractivity contribution is 5.27. The van der Waals surface area contributed by atoms with Crippen LogP contribution in [0.1, 0.15) is 31.2 Å². The highest BCUT2D eigenvalue weighted by atomic mass is 16.5. The van der Waals surface area contributed by atoms with Gasteiger partial charge in [0, 0.05) is 25.7 Å². The number of methoxy groups -OCH3 is 1. The fraction of sp³-hybridized carbons (Fsp3) is 0.684. The van der Waals surface area contributed by atoms with Crippen LogP contribution in [0, 0.1) is 5.92 Å². The fourth-order valence-electron chi connectivity index (χ4n) is 3.88. The molecule has 3 atom stereocenters. The van der Waals surface area contributed by atoms with Gasteiger partial charge in [-0.1, -0.05) is 12.1 Å². The molecule has 1 aromatic rings. The van der Waals surface area contributed by atoms with E-state index in [2.05, 4.69) is 17.0 Å². The second-order valence-corrected chi connectivity index (χ2v) is 7.11. The van der Waals surface area contributed by atoms with Crippen molar-refractivity contribution < 1.29 is 14.2 Å². The van der Waals surface area contributed by atoms with Gasteiger partial charge in [0.15, 0.2) is 0 Å². The number of hydrogen-bond acceptors (Lipinski definition) is 4. The first-order valence-electron chi connectivity index (χ1n) is 8.93. The molecule has 0 aromatic heterocycles. The maximum atomic E-state index is 6.16. The van der Waals surface area contributed by atoms with Gasteiger partial charge < -0.3 is 14.2 Å². The summed E-state index contributed by atoms with van der Waals surface area (Å²) in [6.45, 7) is 3.77. The van der Waals surface area contributed by atoms with E-state index in [0.717, 1.165) is 44.4 Å². The van der Waals surface area contributed by atoms with E-state index >= 15 is 0 Å². The molecule has 126 valence electrons. The molecule has 1 aliphatic heterocycles. The Morgan fingerprint density at radius 1 is 1.13 bits per heavy atom. The van der Waals surface area contributed by atoms with Crippen LogP contribution >= 0.6 is 0 Å². The van der Waals surface area contributed by atoms with Crippen LogP contribution in [0.2, 0.25) is 0 Å². The quantitative estimate of drug-likeness (QED) is 0.807. The molecule has 4 nitrogen and oxygen atoms in total. The first kappa shape index (κ1) is 15.4. The van der Waals surface area contributed by atoms with Crippen LogP contribution in [-0.2, 0) is 16.0 Å². The lowest BCUT2D eigenvalue weighted by molar-refractivity contribution is -0.116. The predicted octanol–water partition coefficient (Wildman–Crippen LogP) is 2.85. The van der Waals surface area contributed by atoms with E-state index in [4.69, 9.17) is 14.2 Å². The molecule has 0 radical (unpaired) electrons. The Hall–Kier alpha value is -1.10. The molecular formula is C19H27NO3. The minimum absolute atomic E-state index is 0.265. The lowest BCUT2D eigenvalue weighted by atomic mass is 10.1. The van der Waals surface area contributed by atoms with Crippen LogP contribution in [0.25, 0.3) is 0 Å². The normalized spacial score (nSPS) is 31.1. The maximum absolute atomic E-state index is 6.16. The second kappa shape index (κ2) is 6.80. The van der Waals surface area contributed by atoms with Crippen LogP contribution in [0.5, 0.6) is 5.75 Å². The standard InChI is InChI=1S/C19H27NO3/c1-21-16-6-4-14(5-7-16)12-20-10-11-22-19-17(20)8-9-18(19)23-13-15-2-3-15/h4-7,15,17-19H,2-3,8-13H2,1H3/t17-,18-,19+/m1/s1. The third-order valence-corrected chi connectivity index (χ3v) is 5.44. The second-order valence-electron chi connectivity index (χ2n) is 7.11. The van der Waals surface area contributed by atoms with Crippen molar-refractivity contribution in [2.24, 2.45) is 5.92 Å². The molecule has 2 saturated carbocycles. The average Bonchev–Trinajstić information content (AvgIpc) is 3.33. The summed E-state index contributed by atoms with van der Waals surface area (Å²) in [4.78, 5) is 2.58. The maximum Gasteiger partial charge on any atom is 0.118 e. The summed E-state index contributed by atoms with van der Waals surface area (Å²) in [5.41, 5.74) is 1.34. The molecule has 2 aliphatic carbocycles. The van der Waals surface area contributed by atoms with Crippen LogP contribution in [0.15, 0.2) is 24.3 Å². The van der Waals surface area contributed by atoms with Crippen LogP contribution in [-0.4, -0.2) is 50.0 Å². The van der Waals surface area contributed by atoms with Gasteiger partial charge in [-0.05, 0) is 49.3 Å². The average molecular weight is 317 g/mol. The van der Waals surface area contributed by atoms with Crippen molar-refractivity contribution in [2.45, 2.75) is 50.5 Å². The van der Waals surface area contributed by atoms with Crippen LogP contribution in [0.4, 0.5) is 0 Å². The smallest absolute Gasteiger partial charge is 0.118 e. The van der Waals surface area contributed by atoms with E-state index in [-0.39, 0.29) is 6.10 Å². The molecule has 4 heteroatoms. The Morgan fingerprint density at radius 2 is 1.96 bits per heavy atom. The van der Waals surface area contributed by atoms with Crippen molar-refractivity contribution in [3.63, 3.8) is 0 Å². The molecule has 0 spiro atoms. The molecule has 0 unspecified atom stereocenters. The molecule has 23 heavy (non-hydrogen) atoms.